The van der Waals surface area contributed by atoms with E-state index in [0.717, 1.165) is 12.5 Å². The second-order valence-corrected chi connectivity index (χ2v) is 4.86. The molecule has 1 heterocycles. The number of nitrogens with two attached hydrogens (primary N) is 1. The SMILES string of the molecule is NC(Cc1ccsc1)Cc1cc(F)cc(F)c1. The van der Waals surface area contributed by atoms with E-state index in [1.165, 1.54) is 17.7 Å². The maximum absolute atomic E-state index is 13.0. The third-order valence-corrected chi connectivity index (χ3v) is 3.23. The van der Waals surface area contributed by atoms with Crippen molar-refractivity contribution in [2.24, 2.45) is 5.73 Å². The maximum Gasteiger partial charge on any atom is 0.126 e. The van der Waals surface area contributed by atoms with Crippen LogP contribution < -0.4 is 5.73 Å². The molecule has 0 aliphatic heterocycles. The molecule has 0 radical (unpaired) electrons. The minimum atomic E-state index is -0.553. The molecule has 0 spiro atoms. The maximum atomic E-state index is 13.0. The van der Waals surface area contributed by atoms with Crippen LogP contribution in [0.5, 0.6) is 0 Å². The average molecular weight is 253 g/mol. The van der Waals surface area contributed by atoms with E-state index < -0.39 is 11.6 Å². The lowest BCUT2D eigenvalue weighted by Crippen LogP contribution is -2.25. The standard InChI is InChI=1S/C13H13F2NS/c14-11-3-10(4-12(15)7-11)6-13(16)5-9-1-2-17-8-9/h1-4,7-8,13H,5-6,16H2. The molecular weight excluding hydrogens is 240 g/mol. The lowest BCUT2D eigenvalue weighted by molar-refractivity contribution is 0.574. The van der Waals surface area contributed by atoms with Gasteiger partial charge in [-0.15, -0.1) is 0 Å². The molecule has 90 valence electrons. The first kappa shape index (κ1) is 12.2. The van der Waals surface area contributed by atoms with Crippen LogP contribution in [0.25, 0.3) is 0 Å². The van der Waals surface area contributed by atoms with Gasteiger partial charge in [-0.3, -0.25) is 0 Å². The van der Waals surface area contributed by atoms with Crippen LogP contribution in [0.3, 0.4) is 0 Å². The summed E-state index contributed by atoms with van der Waals surface area (Å²) < 4.78 is 26.0. The summed E-state index contributed by atoms with van der Waals surface area (Å²) in [5, 5.41) is 4.02. The predicted molar refractivity (Wildman–Crippen MR) is 66.1 cm³/mol. The van der Waals surface area contributed by atoms with Crippen LogP contribution in [0, 0.1) is 11.6 Å². The monoisotopic (exact) mass is 253 g/mol. The van der Waals surface area contributed by atoms with Crippen LogP contribution in [-0.2, 0) is 12.8 Å². The Morgan fingerprint density at radius 1 is 1.06 bits per heavy atom. The molecule has 1 atom stereocenters. The van der Waals surface area contributed by atoms with Gasteiger partial charge in [-0.05, 0) is 52.9 Å². The van der Waals surface area contributed by atoms with Crippen LogP contribution in [-0.4, -0.2) is 6.04 Å². The highest BCUT2D eigenvalue weighted by Gasteiger charge is 2.08. The number of rotatable bonds is 4. The van der Waals surface area contributed by atoms with Gasteiger partial charge < -0.3 is 5.73 Å². The number of halogens is 2. The molecule has 0 aliphatic carbocycles. The van der Waals surface area contributed by atoms with E-state index in [2.05, 4.69) is 0 Å². The van der Waals surface area contributed by atoms with Crippen molar-refractivity contribution < 1.29 is 8.78 Å². The number of hydrogen-bond donors (Lipinski definition) is 1. The molecule has 0 fully saturated rings. The Labute approximate surface area is 103 Å². The molecule has 17 heavy (non-hydrogen) atoms. The van der Waals surface area contributed by atoms with Crippen molar-refractivity contribution in [3.8, 4) is 0 Å². The molecule has 0 aliphatic rings. The molecule has 1 aromatic carbocycles. The first-order valence-electron chi connectivity index (χ1n) is 5.35. The molecule has 1 unspecified atom stereocenters. The van der Waals surface area contributed by atoms with Crippen LogP contribution in [0.1, 0.15) is 11.1 Å². The largest absolute Gasteiger partial charge is 0.327 e. The Kier molecular flexibility index (Phi) is 3.86. The summed E-state index contributed by atoms with van der Waals surface area (Å²) in [6.07, 6.45) is 1.20. The average Bonchev–Trinajstić information content (AvgIpc) is 2.67. The van der Waals surface area contributed by atoms with Crippen LogP contribution >= 0.6 is 11.3 Å². The summed E-state index contributed by atoms with van der Waals surface area (Å²) >= 11 is 1.62. The third-order valence-electron chi connectivity index (χ3n) is 2.50. The zero-order valence-corrected chi connectivity index (χ0v) is 10.0. The van der Waals surface area contributed by atoms with Crippen LogP contribution in [0.15, 0.2) is 35.0 Å². The van der Waals surface area contributed by atoms with Crippen molar-refractivity contribution in [3.63, 3.8) is 0 Å². The van der Waals surface area contributed by atoms with E-state index in [0.29, 0.717) is 12.0 Å². The Bertz CT molecular complexity index is 462. The lowest BCUT2D eigenvalue weighted by Gasteiger charge is -2.10. The summed E-state index contributed by atoms with van der Waals surface area (Å²) in [7, 11) is 0. The summed E-state index contributed by atoms with van der Waals surface area (Å²) in [5.41, 5.74) is 7.72. The fourth-order valence-electron chi connectivity index (χ4n) is 1.82. The van der Waals surface area contributed by atoms with Gasteiger partial charge in [0.2, 0.25) is 0 Å². The number of benzene rings is 1. The lowest BCUT2D eigenvalue weighted by atomic mass is 10.0. The molecule has 2 rings (SSSR count). The van der Waals surface area contributed by atoms with Gasteiger partial charge in [0.05, 0.1) is 0 Å². The summed E-state index contributed by atoms with van der Waals surface area (Å²) in [6, 6.07) is 5.42. The second kappa shape index (κ2) is 5.38. The molecule has 0 saturated heterocycles. The highest BCUT2D eigenvalue weighted by molar-refractivity contribution is 7.07. The first-order valence-corrected chi connectivity index (χ1v) is 6.29. The van der Waals surface area contributed by atoms with Gasteiger partial charge in [-0.1, -0.05) is 0 Å². The quantitative estimate of drug-likeness (QED) is 0.890. The van der Waals surface area contributed by atoms with Crippen molar-refractivity contribution in [2.75, 3.05) is 0 Å². The summed E-state index contributed by atoms with van der Waals surface area (Å²) in [4.78, 5) is 0. The number of hydrogen-bond acceptors (Lipinski definition) is 2. The number of thiophene rings is 1. The minimum absolute atomic E-state index is 0.120. The molecular formula is C13H13F2NS. The molecule has 0 bridgehead atoms. The minimum Gasteiger partial charge on any atom is -0.327 e. The van der Waals surface area contributed by atoms with Crippen molar-refractivity contribution in [2.45, 2.75) is 18.9 Å². The molecule has 0 amide bonds. The predicted octanol–water partition coefficient (Wildman–Crippen LogP) is 3.14. The Hall–Kier alpha value is -1.26. The van der Waals surface area contributed by atoms with Crippen LogP contribution in [0.4, 0.5) is 8.78 Å². The van der Waals surface area contributed by atoms with Crippen molar-refractivity contribution in [1.29, 1.82) is 0 Å². The highest BCUT2D eigenvalue weighted by atomic mass is 32.1. The van der Waals surface area contributed by atoms with E-state index >= 15 is 0 Å². The van der Waals surface area contributed by atoms with Crippen molar-refractivity contribution in [1.82, 2.24) is 0 Å². The smallest absolute Gasteiger partial charge is 0.126 e. The van der Waals surface area contributed by atoms with Gasteiger partial charge in [0.25, 0.3) is 0 Å². The van der Waals surface area contributed by atoms with E-state index in [9.17, 15) is 8.78 Å². The Balaban J connectivity index is 2.00. The van der Waals surface area contributed by atoms with Crippen molar-refractivity contribution >= 4 is 11.3 Å². The summed E-state index contributed by atoms with van der Waals surface area (Å²) in [6.45, 7) is 0. The molecule has 1 aromatic heterocycles. The Morgan fingerprint density at radius 3 is 2.29 bits per heavy atom. The zero-order chi connectivity index (χ0) is 12.3. The molecule has 4 heteroatoms. The zero-order valence-electron chi connectivity index (χ0n) is 9.20. The molecule has 2 aromatic rings. The highest BCUT2D eigenvalue weighted by Crippen LogP contribution is 2.13. The van der Waals surface area contributed by atoms with E-state index in [4.69, 9.17) is 5.73 Å². The van der Waals surface area contributed by atoms with E-state index in [1.54, 1.807) is 11.3 Å². The van der Waals surface area contributed by atoms with Gasteiger partial charge in [0, 0.05) is 12.1 Å². The van der Waals surface area contributed by atoms with E-state index in [1.807, 2.05) is 16.8 Å². The van der Waals surface area contributed by atoms with E-state index in [-0.39, 0.29) is 6.04 Å². The first-order chi connectivity index (χ1) is 8.13. The third kappa shape index (κ3) is 3.61. The van der Waals surface area contributed by atoms with Gasteiger partial charge in [-0.25, -0.2) is 8.78 Å². The van der Waals surface area contributed by atoms with Gasteiger partial charge in [0.1, 0.15) is 11.6 Å². The topological polar surface area (TPSA) is 26.0 Å². The van der Waals surface area contributed by atoms with Crippen LogP contribution in [0.2, 0.25) is 0 Å². The second-order valence-electron chi connectivity index (χ2n) is 4.08. The Morgan fingerprint density at radius 2 is 1.71 bits per heavy atom. The van der Waals surface area contributed by atoms with Gasteiger partial charge >= 0.3 is 0 Å². The molecule has 1 nitrogen and oxygen atoms in total. The molecule has 0 saturated carbocycles. The summed E-state index contributed by atoms with van der Waals surface area (Å²) in [5.74, 6) is -1.11. The fourth-order valence-corrected chi connectivity index (χ4v) is 2.50. The van der Waals surface area contributed by atoms with Crippen molar-refractivity contribution in [3.05, 3.63) is 57.8 Å². The fraction of sp³-hybridized carbons (Fsp3) is 0.231. The van der Waals surface area contributed by atoms with Gasteiger partial charge in [-0.2, -0.15) is 11.3 Å². The van der Waals surface area contributed by atoms with Gasteiger partial charge in [0.15, 0.2) is 0 Å². The normalized spacial score (nSPS) is 12.6. The molecule has 2 N–H and O–H groups in total.